The maximum Gasteiger partial charge on any atom is 0.0610 e. The Morgan fingerprint density at radius 2 is 1.82 bits per heavy atom. The quantitative estimate of drug-likeness (QED) is 0.425. The normalized spacial score (nSPS) is 8.73. The molecule has 0 saturated carbocycles. The monoisotopic (exact) mass is 147 g/mol. The van der Waals surface area contributed by atoms with Gasteiger partial charge in [-0.3, -0.25) is 4.90 Å². The first kappa shape index (κ1) is 9.82. The van der Waals surface area contributed by atoms with Crippen LogP contribution in [0.2, 0.25) is 0 Å². The van der Waals surface area contributed by atoms with Crippen LogP contribution in [0.25, 0.3) is 0 Å². The minimum absolute atomic E-state index is 0.594. The summed E-state index contributed by atoms with van der Waals surface area (Å²) >= 11 is 0. The summed E-state index contributed by atoms with van der Waals surface area (Å²) in [5.74, 6) is 5.09. The molecule has 58 valence electrons. The van der Waals surface area contributed by atoms with Gasteiger partial charge in [-0.15, -0.1) is 12.8 Å². The number of rotatable bonds is 4. The first-order valence-corrected chi connectivity index (χ1v) is 3.44. The SMILES string of the molecule is C#CCN(CC#C)CC(=C)C. The van der Waals surface area contributed by atoms with E-state index in [1.807, 2.05) is 11.8 Å². The number of hydrogen-bond acceptors (Lipinski definition) is 1. The Morgan fingerprint density at radius 3 is 2.09 bits per heavy atom. The van der Waals surface area contributed by atoms with Crippen LogP contribution in [0.5, 0.6) is 0 Å². The summed E-state index contributed by atoms with van der Waals surface area (Å²) in [6, 6.07) is 0. The Bertz CT molecular complexity index is 186. The highest BCUT2D eigenvalue weighted by Crippen LogP contribution is 1.93. The van der Waals surface area contributed by atoms with Gasteiger partial charge in [0, 0.05) is 6.54 Å². The molecule has 0 aliphatic heterocycles. The van der Waals surface area contributed by atoms with Crippen LogP contribution in [-0.4, -0.2) is 24.5 Å². The van der Waals surface area contributed by atoms with E-state index in [4.69, 9.17) is 12.8 Å². The molecular formula is C10H13N. The van der Waals surface area contributed by atoms with Crippen LogP contribution in [0.4, 0.5) is 0 Å². The van der Waals surface area contributed by atoms with E-state index in [0.717, 1.165) is 12.1 Å². The standard InChI is InChI=1S/C10H13N/c1-5-7-11(8-6-2)9-10(3)4/h1-2H,3,7-9H2,4H3. The van der Waals surface area contributed by atoms with E-state index in [1.165, 1.54) is 0 Å². The Balaban J connectivity index is 3.82. The highest BCUT2D eigenvalue weighted by Gasteiger charge is 1.99. The molecule has 0 heterocycles. The van der Waals surface area contributed by atoms with Crippen molar-refractivity contribution in [1.82, 2.24) is 4.90 Å². The van der Waals surface area contributed by atoms with Crippen molar-refractivity contribution in [3.63, 3.8) is 0 Å². The van der Waals surface area contributed by atoms with Crippen LogP contribution < -0.4 is 0 Å². The van der Waals surface area contributed by atoms with E-state index >= 15 is 0 Å². The van der Waals surface area contributed by atoms with Crippen molar-refractivity contribution >= 4 is 0 Å². The minimum Gasteiger partial charge on any atom is -0.277 e. The fourth-order valence-corrected chi connectivity index (χ4v) is 0.808. The van der Waals surface area contributed by atoms with E-state index in [2.05, 4.69) is 18.4 Å². The Morgan fingerprint density at radius 1 is 1.36 bits per heavy atom. The molecule has 0 spiro atoms. The third kappa shape index (κ3) is 5.27. The average Bonchev–Trinajstić information content (AvgIpc) is 1.87. The molecular weight excluding hydrogens is 134 g/mol. The highest BCUT2D eigenvalue weighted by molar-refractivity contribution is 5.00. The molecule has 0 aromatic rings. The van der Waals surface area contributed by atoms with Gasteiger partial charge in [-0.1, -0.05) is 24.0 Å². The molecule has 11 heavy (non-hydrogen) atoms. The summed E-state index contributed by atoms with van der Waals surface area (Å²) in [5.41, 5.74) is 1.08. The predicted molar refractivity (Wildman–Crippen MR) is 48.9 cm³/mol. The van der Waals surface area contributed by atoms with Gasteiger partial charge in [0.2, 0.25) is 0 Å². The van der Waals surface area contributed by atoms with Gasteiger partial charge in [0.15, 0.2) is 0 Å². The second-order valence-corrected chi connectivity index (χ2v) is 2.51. The van der Waals surface area contributed by atoms with E-state index in [0.29, 0.717) is 13.1 Å². The topological polar surface area (TPSA) is 3.24 Å². The summed E-state index contributed by atoms with van der Waals surface area (Å²) in [7, 11) is 0. The summed E-state index contributed by atoms with van der Waals surface area (Å²) < 4.78 is 0. The fourth-order valence-electron chi connectivity index (χ4n) is 0.808. The average molecular weight is 147 g/mol. The van der Waals surface area contributed by atoms with Crippen LogP contribution in [-0.2, 0) is 0 Å². The first-order valence-electron chi connectivity index (χ1n) is 3.44. The van der Waals surface area contributed by atoms with Crippen molar-refractivity contribution in [2.75, 3.05) is 19.6 Å². The molecule has 0 fully saturated rings. The van der Waals surface area contributed by atoms with Gasteiger partial charge in [0.25, 0.3) is 0 Å². The van der Waals surface area contributed by atoms with Crippen molar-refractivity contribution in [2.24, 2.45) is 0 Å². The first-order chi connectivity index (χ1) is 5.20. The number of terminal acetylenes is 2. The molecule has 0 unspecified atom stereocenters. The van der Waals surface area contributed by atoms with Crippen molar-refractivity contribution < 1.29 is 0 Å². The van der Waals surface area contributed by atoms with Gasteiger partial charge in [-0.25, -0.2) is 0 Å². The molecule has 0 N–H and O–H groups in total. The molecule has 0 atom stereocenters. The molecule has 1 nitrogen and oxygen atoms in total. The predicted octanol–water partition coefficient (Wildman–Crippen LogP) is 1.13. The van der Waals surface area contributed by atoms with Crippen molar-refractivity contribution in [1.29, 1.82) is 0 Å². The largest absolute Gasteiger partial charge is 0.277 e. The van der Waals surface area contributed by atoms with E-state index in [-0.39, 0.29) is 0 Å². The maximum absolute atomic E-state index is 5.15. The summed E-state index contributed by atoms with van der Waals surface area (Å²) in [6.45, 7) is 7.71. The summed E-state index contributed by atoms with van der Waals surface area (Å²) in [6.07, 6.45) is 10.3. The van der Waals surface area contributed by atoms with E-state index < -0.39 is 0 Å². The molecule has 0 aliphatic carbocycles. The van der Waals surface area contributed by atoms with Gasteiger partial charge in [-0.2, -0.15) is 0 Å². The van der Waals surface area contributed by atoms with Gasteiger partial charge in [0.1, 0.15) is 0 Å². The van der Waals surface area contributed by atoms with Gasteiger partial charge in [0.05, 0.1) is 13.1 Å². The van der Waals surface area contributed by atoms with Crippen LogP contribution in [0, 0.1) is 24.7 Å². The Hall–Kier alpha value is -1.18. The molecule has 0 aliphatic rings. The van der Waals surface area contributed by atoms with E-state index in [9.17, 15) is 0 Å². The van der Waals surface area contributed by atoms with E-state index in [1.54, 1.807) is 0 Å². The minimum atomic E-state index is 0.594. The lowest BCUT2D eigenvalue weighted by atomic mass is 10.3. The van der Waals surface area contributed by atoms with Gasteiger partial charge < -0.3 is 0 Å². The maximum atomic E-state index is 5.15. The van der Waals surface area contributed by atoms with Crippen molar-refractivity contribution in [3.8, 4) is 24.7 Å². The van der Waals surface area contributed by atoms with Crippen molar-refractivity contribution in [3.05, 3.63) is 12.2 Å². The van der Waals surface area contributed by atoms with Gasteiger partial charge >= 0.3 is 0 Å². The lowest BCUT2D eigenvalue weighted by Crippen LogP contribution is -2.25. The second kappa shape index (κ2) is 5.59. The third-order valence-corrected chi connectivity index (χ3v) is 1.12. The van der Waals surface area contributed by atoms with Crippen molar-refractivity contribution in [2.45, 2.75) is 6.92 Å². The molecule has 0 amide bonds. The second-order valence-electron chi connectivity index (χ2n) is 2.51. The number of nitrogens with zero attached hydrogens (tertiary/aromatic N) is 1. The third-order valence-electron chi connectivity index (χ3n) is 1.12. The van der Waals surface area contributed by atoms with Crippen LogP contribution in [0.15, 0.2) is 12.2 Å². The lowest BCUT2D eigenvalue weighted by molar-refractivity contribution is 0.376. The molecule has 0 rings (SSSR count). The fraction of sp³-hybridized carbons (Fsp3) is 0.400. The summed E-state index contributed by atoms with van der Waals surface area (Å²) in [4.78, 5) is 1.99. The van der Waals surface area contributed by atoms with Crippen LogP contribution in [0.3, 0.4) is 0 Å². The molecule has 0 aromatic carbocycles. The zero-order valence-electron chi connectivity index (χ0n) is 6.93. The molecule has 0 saturated heterocycles. The smallest absolute Gasteiger partial charge is 0.0610 e. The molecule has 0 aromatic heterocycles. The molecule has 0 bridgehead atoms. The Labute approximate surface area is 69.1 Å². The van der Waals surface area contributed by atoms with Gasteiger partial charge in [-0.05, 0) is 6.92 Å². The zero-order chi connectivity index (χ0) is 8.69. The molecule has 1 heteroatoms. The highest BCUT2D eigenvalue weighted by atomic mass is 15.1. The lowest BCUT2D eigenvalue weighted by Gasteiger charge is -2.15. The summed E-state index contributed by atoms with van der Waals surface area (Å²) in [5, 5.41) is 0. The Kier molecular flexibility index (Phi) is 4.99. The number of hydrogen-bond donors (Lipinski definition) is 0. The molecule has 0 radical (unpaired) electrons. The zero-order valence-corrected chi connectivity index (χ0v) is 6.93. The van der Waals surface area contributed by atoms with Crippen LogP contribution >= 0.6 is 0 Å². The van der Waals surface area contributed by atoms with Crippen LogP contribution in [0.1, 0.15) is 6.92 Å².